The molecule has 0 amide bonds. The van der Waals surface area contributed by atoms with Crippen LogP contribution < -0.4 is 0 Å². The molecule has 4 nitrogen and oxygen atoms in total. The van der Waals surface area contributed by atoms with Crippen LogP contribution in [0.2, 0.25) is 0 Å². The normalized spacial score (nSPS) is 42.0. The van der Waals surface area contributed by atoms with E-state index in [2.05, 4.69) is 19.6 Å². The molecule has 3 aliphatic rings. The van der Waals surface area contributed by atoms with E-state index in [-0.39, 0.29) is 36.3 Å². The molecule has 1 aliphatic carbocycles. The van der Waals surface area contributed by atoms with Crippen molar-refractivity contribution in [3.05, 3.63) is 35.5 Å². The van der Waals surface area contributed by atoms with Crippen LogP contribution in [0, 0.1) is 5.92 Å². The molecule has 2 heterocycles. The molecule has 2 saturated heterocycles. The molecular weight excluding hydrogens is 304 g/mol. The Balaban J connectivity index is 1.86. The van der Waals surface area contributed by atoms with Gasteiger partial charge in [0.2, 0.25) is 0 Å². The number of ether oxygens (including phenoxy) is 2. The summed E-state index contributed by atoms with van der Waals surface area (Å²) in [4.78, 5) is 24.6. The quantitative estimate of drug-likeness (QED) is 0.294. The molecule has 0 aromatic heterocycles. The molecule has 0 N–H and O–H groups in total. The zero-order valence-electron chi connectivity index (χ0n) is 14.8. The van der Waals surface area contributed by atoms with Gasteiger partial charge in [-0.25, -0.2) is 4.79 Å². The lowest BCUT2D eigenvalue weighted by Gasteiger charge is -2.17. The van der Waals surface area contributed by atoms with E-state index in [1.165, 1.54) is 11.1 Å². The largest absolute Gasteiger partial charge is 0.454 e. The third kappa shape index (κ3) is 3.25. The third-order valence-corrected chi connectivity index (χ3v) is 5.53. The molecule has 24 heavy (non-hydrogen) atoms. The van der Waals surface area contributed by atoms with Gasteiger partial charge in [0.05, 0.1) is 6.10 Å². The van der Waals surface area contributed by atoms with Crippen molar-refractivity contribution in [3.8, 4) is 0 Å². The van der Waals surface area contributed by atoms with Crippen molar-refractivity contribution in [1.29, 1.82) is 0 Å². The number of fused-ring (bicyclic) bond motifs is 2. The summed E-state index contributed by atoms with van der Waals surface area (Å²) < 4.78 is 11.2. The molecular formula is C20H26O4. The van der Waals surface area contributed by atoms with Gasteiger partial charge in [-0.15, -0.1) is 0 Å². The summed E-state index contributed by atoms with van der Waals surface area (Å²) in [5, 5.41) is 0. The summed E-state index contributed by atoms with van der Waals surface area (Å²) in [5.74, 6) is -0.617. The lowest BCUT2D eigenvalue weighted by atomic mass is 9.85. The number of esters is 1. The van der Waals surface area contributed by atoms with Crippen LogP contribution >= 0.6 is 0 Å². The molecule has 0 unspecified atom stereocenters. The van der Waals surface area contributed by atoms with Crippen molar-refractivity contribution in [3.63, 3.8) is 0 Å². The Hall–Kier alpha value is -1.68. The number of carbonyl (C=O) groups is 2. The SMILES string of the molecule is C=C1C(=O)O[C@H]2/C=C(\C)CC/C=C(\C)CC[C@H]3O[C@@]3(C)C(=O)C[C@@H]12. The van der Waals surface area contributed by atoms with Crippen LogP contribution in [0.1, 0.15) is 52.9 Å². The number of rotatable bonds is 0. The van der Waals surface area contributed by atoms with Gasteiger partial charge >= 0.3 is 5.97 Å². The number of Topliss-reactive ketones (excluding diaryl/α,β-unsaturated/α-hetero) is 1. The topological polar surface area (TPSA) is 55.9 Å². The first-order chi connectivity index (χ1) is 11.3. The molecule has 2 aliphatic heterocycles. The number of epoxide rings is 1. The molecule has 0 radical (unpaired) electrons. The minimum Gasteiger partial charge on any atom is -0.454 e. The van der Waals surface area contributed by atoms with E-state index in [0.717, 1.165) is 25.7 Å². The van der Waals surface area contributed by atoms with Crippen LogP contribution in [0.25, 0.3) is 0 Å². The fourth-order valence-electron chi connectivity index (χ4n) is 3.63. The van der Waals surface area contributed by atoms with E-state index >= 15 is 0 Å². The Bertz CT molecular complexity index is 642. The Kier molecular flexibility index (Phi) is 4.52. The van der Waals surface area contributed by atoms with Gasteiger partial charge in [-0.05, 0) is 52.5 Å². The molecule has 130 valence electrons. The molecule has 3 rings (SSSR count). The Labute approximate surface area is 143 Å². The van der Waals surface area contributed by atoms with Crippen LogP contribution in [0.5, 0.6) is 0 Å². The van der Waals surface area contributed by atoms with Gasteiger partial charge < -0.3 is 9.47 Å². The summed E-state index contributed by atoms with van der Waals surface area (Å²) in [6.45, 7) is 9.88. The van der Waals surface area contributed by atoms with Crippen LogP contribution in [0.15, 0.2) is 35.5 Å². The number of ketones is 1. The minimum absolute atomic E-state index is 0.0155. The molecule has 2 fully saturated rings. The van der Waals surface area contributed by atoms with Gasteiger partial charge in [0.1, 0.15) is 11.7 Å². The van der Waals surface area contributed by atoms with Crippen molar-refractivity contribution in [2.24, 2.45) is 5.92 Å². The highest BCUT2D eigenvalue weighted by atomic mass is 16.6. The van der Waals surface area contributed by atoms with Gasteiger partial charge in [0.25, 0.3) is 0 Å². The van der Waals surface area contributed by atoms with Crippen molar-refractivity contribution in [2.45, 2.75) is 70.7 Å². The Morgan fingerprint density at radius 1 is 1.21 bits per heavy atom. The van der Waals surface area contributed by atoms with Crippen LogP contribution in [0.4, 0.5) is 0 Å². The molecule has 0 aromatic rings. The number of carbonyl (C=O) groups excluding carboxylic acids is 2. The van der Waals surface area contributed by atoms with Gasteiger partial charge in [0, 0.05) is 17.9 Å². The van der Waals surface area contributed by atoms with Gasteiger partial charge in [-0.2, -0.15) is 0 Å². The second-order valence-corrected chi connectivity index (χ2v) is 7.48. The first-order valence-corrected chi connectivity index (χ1v) is 8.75. The van der Waals surface area contributed by atoms with Crippen LogP contribution in [-0.2, 0) is 19.1 Å². The summed E-state index contributed by atoms with van der Waals surface area (Å²) in [6, 6.07) is 0. The first-order valence-electron chi connectivity index (χ1n) is 8.75. The Morgan fingerprint density at radius 2 is 1.96 bits per heavy atom. The molecule has 4 atom stereocenters. The average molecular weight is 330 g/mol. The summed E-state index contributed by atoms with van der Waals surface area (Å²) in [5.41, 5.74) is 2.21. The fraction of sp³-hybridized carbons (Fsp3) is 0.600. The predicted molar refractivity (Wildman–Crippen MR) is 91.4 cm³/mol. The maximum Gasteiger partial charge on any atom is 0.334 e. The number of hydrogen-bond donors (Lipinski definition) is 0. The number of allylic oxidation sites excluding steroid dienone is 3. The number of hydrogen-bond acceptors (Lipinski definition) is 4. The zero-order valence-corrected chi connectivity index (χ0v) is 14.8. The van der Waals surface area contributed by atoms with Gasteiger partial charge in [-0.3, -0.25) is 4.79 Å². The van der Waals surface area contributed by atoms with Crippen molar-refractivity contribution in [2.75, 3.05) is 0 Å². The molecule has 4 heteroatoms. The monoisotopic (exact) mass is 330 g/mol. The predicted octanol–water partition coefficient (Wildman–Crippen LogP) is 3.67. The van der Waals surface area contributed by atoms with Crippen molar-refractivity contribution >= 4 is 11.8 Å². The van der Waals surface area contributed by atoms with Crippen LogP contribution in [0.3, 0.4) is 0 Å². The molecule has 0 saturated carbocycles. The van der Waals surface area contributed by atoms with E-state index in [0.29, 0.717) is 5.57 Å². The van der Waals surface area contributed by atoms with Crippen LogP contribution in [-0.4, -0.2) is 29.6 Å². The maximum atomic E-state index is 12.7. The van der Waals surface area contributed by atoms with E-state index in [1.807, 2.05) is 19.9 Å². The van der Waals surface area contributed by atoms with Gasteiger partial charge in [0.15, 0.2) is 5.78 Å². The smallest absolute Gasteiger partial charge is 0.334 e. The minimum atomic E-state index is -0.709. The third-order valence-electron chi connectivity index (χ3n) is 5.53. The second-order valence-electron chi connectivity index (χ2n) is 7.48. The summed E-state index contributed by atoms with van der Waals surface area (Å²) in [7, 11) is 0. The highest BCUT2D eigenvalue weighted by Gasteiger charge is 2.58. The highest BCUT2D eigenvalue weighted by molar-refractivity contribution is 5.95. The van der Waals surface area contributed by atoms with E-state index in [4.69, 9.17) is 9.47 Å². The standard InChI is InChI=1S/C20H26O4/c1-12-6-5-7-13(2)10-16-15(14(3)19(22)23-16)11-17(21)20(4)18(24-20)9-8-12/h6,10,15-16,18H,3,5,7-9,11H2,1-2,4H3/b12-6+,13-10+/t15-,16-,18+,20-/m0/s1. The van der Waals surface area contributed by atoms with E-state index in [9.17, 15) is 9.59 Å². The lowest BCUT2D eigenvalue weighted by molar-refractivity contribution is -0.137. The van der Waals surface area contributed by atoms with E-state index < -0.39 is 5.60 Å². The summed E-state index contributed by atoms with van der Waals surface area (Å²) in [6.07, 6.45) is 7.80. The second kappa shape index (κ2) is 6.32. The lowest BCUT2D eigenvalue weighted by Crippen LogP contribution is -2.29. The van der Waals surface area contributed by atoms with Crippen molar-refractivity contribution in [1.82, 2.24) is 0 Å². The summed E-state index contributed by atoms with van der Waals surface area (Å²) >= 11 is 0. The first kappa shape index (κ1) is 17.2. The zero-order chi connectivity index (χ0) is 17.5. The molecule has 0 spiro atoms. The van der Waals surface area contributed by atoms with Gasteiger partial charge in [-0.1, -0.05) is 23.8 Å². The van der Waals surface area contributed by atoms with Crippen molar-refractivity contribution < 1.29 is 19.1 Å². The maximum absolute atomic E-state index is 12.7. The highest BCUT2D eigenvalue weighted by Crippen LogP contribution is 2.44. The average Bonchev–Trinajstić information content (AvgIpc) is 3.13. The Morgan fingerprint density at radius 3 is 2.71 bits per heavy atom. The fourth-order valence-corrected chi connectivity index (χ4v) is 3.63. The molecule has 0 bridgehead atoms. The molecule has 0 aromatic carbocycles. The van der Waals surface area contributed by atoms with E-state index in [1.54, 1.807) is 0 Å².